The lowest BCUT2D eigenvalue weighted by molar-refractivity contribution is -0.127. The van der Waals surface area contributed by atoms with Crippen LogP contribution in [0.25, 0.3) is 0 Å². The Bertz CT molecular complexity index is 941. The van der Waals surface area contributed by atoms with Crippen LogP contribution in [-0.2, 0) is 16.1 Å². The number of carbonyl (C=O) groups is 1. The number of β-amino-alcohol motifs (C(OH)–C–C–N with tert-alkyl or cyclic N) is 1. The zero-order chi connectivity index (χ0) is 23.8. The van der Waals surface area contributed by atoms with Crippen molar-refractivity contribution in [2.24, 2.45) is 0 Å². The fourth-order valence-corrected chi connectivity index (χ4v) is 4.35. The van der Waals surface area contributed by atoms with Crippen LogP contribution in [0.5, 0.6) is 11.5 Å². The minimum absolute atomic E-state index is 0.0534. The van der Waals surface area contributed by atoms with Gasteiger partial charge < -0.3 is 24.2 Å². The monoisotopic (exact) mass is 472 g/mol. The topological polar surface area (TPSA) is 71.5 Å². The summed E-state index contributed by atoms with van der Waals surface area (Å²) in [6.07, 6.45) is 2.43. The van der Waals surface area contributed by atoms with Gasteiger partial charge in [-0.05, 0) is 54.8 Å². The van der Waals surface area contributed by atoms with Crippen LogP contribution in [0, 0.1) is 5.82 Å². The van der Waals surface area contributed by atoms with Crippen molar-refractivity contribution in [2.75, 3.05) is 52.6 Å². The van der Waals surface area contributed by atoms with E-state index in [1.165, 1.54) is 12.1 Å². The number of amides is 1. The molecule has 0 unspecified atom stereocenters. The van der Waals surface area contributed by atoms with Gasteiger partial charge >= 0.3 is 0 Å². The first-order valence-corrected chi connectivity index (χ1v) is 11.9. The second kappa shape index (κ2) is 11.6. The fraction of sp³-hybridized carbons (Fsp3) is 0.500. The highest BCUT2D eigenvalue weighted by Gasteiger charge is 2.33. The van der Waals surface area contributed by atoms with E-state index in [0.717, 1.165) is 37.2 Å². The molecular weight excluding hydrogens is 439 g/mol. The van der Waals surface area contributed by atoms with Gasteiger partial charge in [-0.25, -0.2) is 4.39 Å². The number of hydrogen-bond acceptors (Lipinski definition) is 6. The normalized spacial score (nSPS) is 21.5. The Kier molecular flexibility index (Phi) is 8.37. The summed E-state index contributed by atoms with van der Waals surface area (Å²) in [6, 6.07) is 13.7. The summed E-state index contributed by atoms with van der Waals surface area (Å²) < 4.78 is 30.4. The van der Waals surface area contributed by atoms with E-state index < -0.39 is 5.60 Å². The van der Waals surface area contributed by atoms with Crippen LogP contribution in [0.4, 0.5) is 4.39 Å². The Morgan fingerprint density at radius 2 is 1.94 bits per heavy atom. The summed E-state index contributed by atoms with van der Waals surface area (Å²) in [5, 5.41) is 11.1. The van der Waals surface area contributed by atoms with Gasteiger partial charge in [-0.2, -0.15) is 0 Å². The first kappa shape index (κ1) is 24.4. The molecule has 0 radical (unpaired) electrons. The van der Waals surface area contributed by atoms with Crippen LogP contribution >= 0.6 is 0 Å². The van der Waals surface area contributed by atoms with Gasteiger partial charge in [-0.15, -0.1) is 0 Å². The molecule has 2 aromatic carbocycles. The quantitative estimate of drug-likeness (QED) is 0.537. The number of likely N-dealkylation sites (tertiary alicyclic amines) is 1. The van der Waals surface area contributed by atoms with Gasteiger partial charge in [0.2, 0.25) is 5.91 Å². The lowest BCUT2D eigenvalue weighted by atomic mass is 10.1. The van der Waals surface area contributed by atoms with E-state index in [4.69, 9.17) is 14.2 Å². The van der Waals surface area contributed by atoms with E-state index in [2.05, 4.69) is 4.90 Å². The summed E-state index contributed by atoms with van der Waals surface area (Å²) in [7, 11) is 0. The first-order valence-electron chi connectivity index (χ1n) is 11.9. The smallest absolute Gasteiger partial charge is 0.222 e. The van der Waals surface area contributed by atoms with E-state index >= 15 is 0 Å². The highest BCUT2D eigenvalue weighted by molar-refractivity contribution is 5.77. The third-order valence-corrected chi connectivity index (χ3v) is 6.08. The number of hydrogen-bond donors (Lipinski definition) is 1. The van der Waals surface area contributed by atoms with Crippen molar-refractivity contribution < 1.29 is 28.5 Å². The molecule has 2 aliphatic rings. The average molecular weight is 473 g/mol. The van der Waals surface area contributed by atoms with E-state index in [0.29, 0.717) is 45.0 Å². The van der Waals surface area contributed by atoms with Crippen molar-refractivity contribution in [1.29, 1.82) is 0 Å². The molecule has 1 atom stereocenters. The second-order valence-electron chi connectivity index (χ2n) is 9.06. The molecule has 184 valence electrons. The van der Waals surface area contributed by atoms with Crippen LogP contribution in [0.3, 0.4) is 0 Å². The van der Waals surface area contributed by atoms with Crippen LogP contribution in [-0.4, -0.2) is 79.0 Å². The predicted octanol–water partition coefficient (Wildman–Crippen LogP) is 2.86. The molecular formula is C26H33FN2O5. The minimum Gasteiger partial charge on any atom is -0.494 e. The van der Waals surface area contributed by atoms with Crippen molar-refractivity contribution in [2.45, 2.75) is 31.4 Å². The van der Waals surface area contributed by atoms with E-state index in [9.17, 15) is 14.3 Å². The Balaban J connectivity index is 1.27. The van der Waals surface area contributed by atoms with E-state index in [1.807, 2.05) is 29.2 Å². The largest absolute Gasteiger partial charge is 0.494 e. The summed E-state index contributed by atoms with van der Waals surface area (Å²) >= 11 is 0. The van der Waals surface area contributed by atoms with Gasteiger partial charge in [0.25, 0.3) is 0 Å². The zero-order valence-electron chi connectivity index (χ0n) is 19.5. The third kappa shape index (κ3) is 7.16. The van der Waals surface area contributed by atoms with Crippen molar-refractivity contribution in [3.05, 3.63) is 59.9 Å². The number of rotatable bonds is 10. The van der Waals surface area contributed by atoms with Gasteiger partial charge in [0, 0.05) is 39.1 Å². The molecule has 2 saturated heterocycles. The molecule has 0 bridgehead atoms. The number of benzene rings is 2. The van der Waals surface area contributed by atoms with Crippen LogP contribution < -0.4 is 9.47 Å². The van der Waals surface area contributed by atoms with Crippen LogP contribution in [0.2, 0.25) is 0 Å². The predicted molar refractivity (Wildman–Crippen MR) is 125 cm³/mol. The molecule has 8 heteroatoms. The van der Waals surface area contributed by atoms with Gasteiger partial charge in [-0.1, -0.05) is 12.1 Å². The van der Waals surface area contributed by atoms with E-state index in [1.54, 1.807) is 12.1 Å². The standard InChI is InChI=1S/C26H33FN2O5/c27-22-7-9-23(10-8-22)34-20-26(31)18-28(13-15-32-19-26)17-21-4-1-5-24(16-21)33-14-3-12-29-11-2-6-25(29)30/h1,4-5,7-10,16,31H,2-3,6,11-15,17-20H2/t26-/m0/s1. The molecule has 7 nitrogen and oxygen atoms in total. The second-order valence-corrected chi connectivity index (χ2v) is 9.06. The molecule has 0 saturated carbocycles. The third-order valence-electron chi connectivity index (χ3n) is 6.08. The summed E-state index contributed by atoms with van der Waals surface area (Å²) in [5.41, 5.74) is -0.0950. The van der Waals surface area contributed by atoms with Gasteiger partial charge in [0.1, 0.15) is 29.5 Å². The zero-order valence-corrected chi connectivity index (χ0v) is 19.5. The highest BCUT2D eigenvalue weighted by atomic mass is 19.1. The number of ether oxygens (including phenoxy) is 3. The van der Waals surface area contributed by atoms with Gasteiger partial charge in [-0.3, -0.25) is 9.69 Å². The van der Waals surface area contributed by atoms with Gasteiger partial charge in [0.15, 0.2) is 0 Å². The molecule has 34 heavy (non-hydrogen) atoms. The summed E-state index contributed by atoms with van der Waals surface area (Å²) in [6.45, 7) is 4.62. The summed E-state index contributed by atoms with van der Waals surface area (Å²) in [5.74, 6) is 1.21. The van der Waals surface area contributed by atoms with E-state index in [-0.39, 0.29) is 24.9 Å². The maximum Gasteiger partial charge on any atom is 0.222 e. The molecule has 4 rings (SSSR count). The molecule has 0 spiro atoms. The first-order chi connectivity index (χ1) is 16.5. The Morgan fingerprint density at radius 1 is 1.09 bits per heavy atom. The molecule has 1 amide bonds. The molecule has 2 fully saturated rings. The Hall–Kier alpha value is -2.68. The van der Waals surface area contributed by atoms with Gasteiger partial charge in [0.05, 0.1) is 19.8 Å². The van der Waals surface area contributed by atoms with Crippen LogP contribution in [0.15, 0.2) is 48.5 Å². The number of halogens is 1. The fourth-order valence-electron chi connectivity index (χ4n) is 4.35. The number of nitrogens with zero attached hydrogens (tertiary/aromatic N) is 2. The minimum atomic E-state index is -1.17. The van der Waals surface area contributed by atoms with Crippen LogP contribution in [0.1, 0.15) is 24.8 Å². The molecule has 0 aliphatic carbocycles. The Morgan fingerprint density at radius 3 is 2.74 bits per heavy atom. The van der Waals surface area contributed by atoms with Crippen molar-refractivity contribution in [3.8, 4) is 11.5 Å². The maximum absolute atomic E-state index is 13.1. The SMILES string of the molecule is O=C1CCCN1CCCOc1cccc(CN2CCOC[C@](O)(COc3ccc(F)cc3)C2)c1. The highest BCUT2D eigenvalue weighted by Crippen LogP contribution is 2.20. The number of aliphatic hydroxyl groups is 1. The maximum atomic E-state index is 13.1. The molecule has 1 N–H and O–H groups in total. The molecule has 0 aromatic heterocycles. The van der Waals surface area contributed by atoms with Crippen molar-refractivity contribution in [1.82, 2.24) is 9.80 Å². The average Bonchev–Trinajstić information content (AvgIpc) is 3.14. The molecule has 2 aromatic rings. The summed E-state index contributed by atoms with van der Waals surface area (Å²) in [4.78, 5) is 15.7. The number of carbonyl (C=O) groups excluding carboxylic acids is 1. The lowest BCUT2D eigenvalue weighted by Gasteiger charge is -2.30. The molecule has 2 aliphatic heterocycles. The van der Waals surface area contributed by atoms with Crippen molar-refractivity contribution >= 4 is 5.91 Å². The molecule has 2 heterocycles. The van der Waals surface area contributed by atoms with Crippen molar-refractivity contribution in [3.63, 3.8) is 0 Å². The lowest BCUT2D eigenvalue weighted by Crippen LogP contribution is -2.48. The Labute approximate surface area is 200 Å².